The fourth-order valence-electron chi connectivity index (χ4n) is 7.75. The SMILES string of the molecule is CCN(C(=O)C1=C(OCCCOC(=O)C2CCC(C#N)(c3ccc(OC)c(OC4CCCC4)c3)CC2)c2c(Cl)cccc2N(C)C1O)c1ccccc1. The van der Waals surface area contributed by atoms with Crippen LogP contribution in [-0.4, -0.2) is 63.2 Å². The molecule has 1 atom stereocenters. The molecular formula is C42H48ClN3O7. The van der Waals surface area contributed by atoms with E-state index in [1.807, 2.05) is 61.5 Å². The van der Waals surface area contributed by atoms with E-state index in [1.54, 1.807) is 36.1 Å². The summed E-state index contributed by atoms with van der Waals surface area (Å²) in [5.41, 5.74) is 2.07. The molecule has 3 aliphatic rings. The van der Waals surface area contributed by atoms with Gasteiger partial charge in [0.15, 0.2) is 17.7 Å². The average molecular weight is 742 g/mol. The second-order valence-electron chi connectivity index (χ2n) is 14.0. The highest BCUT2D eigenvalue weighted by atomic mass is 35.5. The van der Waals surface area contributed by atoms with Crippen LogP contribution < -0.4 is 19.3 Å². The van der Waals surface area contributed by atoms with Gasteiger partial charge in [-0.2, -0.15) is 5.26 Å². The molecule has 0 aromatic heterocycles. The van der Waals surface area contributed by atoms with Crippen molar-refractivity contribution in [2.45, 2.75) is 82.5 Å². The van der Waals surface area contributed by atoms with Crippen molar-refractivity contribution in [2.75, 3.05) is 43.7 Å². The largest absolute Gasteiger partial charge is 0.493 e. The number of likely N-dealkylation sites (N-methyl/N-ethyl adjacent to an activating group) is 2. The average Bonchev–Trinajstić information content (AvgIpc) is 3.70. The second-order valence-corrected chi connectivity index (χ2v) is 14.4. The van der Waals surface area contributed by atoms with Crippen LogP contribution in [0.15, 0.2) is 72.3 Å². The minimum absolute atomic E-state index is 0.0769. The van der Waals surface area contributed by atoms with Crippen molar-refractivity contribution in [3.63, 3.8) is 0 Å². The van der Waals surface area contributed by atoms with Crippen molar-refractivity contribution in [1.82, 2.24) is 0 Å². The van der Waals surface area contributed by atoms with Gasteiger partial charge in [0.2, 0.25) is 0 Å². The topological polar surface area (TPSA) is 122 Å². The summed E-state index contributed by atoms with van der Waals surface area (Å²) < 4.78 is 23.8. The lowest BCUT2D eigenvalue weighted by Crippen LogP contribution is -2.45. The van der Waals surface area contributed by atoms with Crippen LogP contribution in [0.1, 0.15) is 75.8 Å². The zero-order valence-corrected chi connectivity index (χ0v) is 31.4. The molecule has 53 heavy (non-hydrogen) atoms. The van der Waals surface area contributed by atoms with Crippen molar-refractivity contribution >= 4 is 40.6 Å². The number of ether oxygens (including phenoxy) is 4. The van der Waals surface area contributed by atoms with Crippen LogP contribution in [0.25, 0.3) is 5.76 Å². The van der Waals surface area contributed by atoms with Crippen LogP contribution in [0.4, 0.5) is 11.4 Å². The Balaban J connectivity index is 1.09. The van der Waals surface area contributed by atoms with Gasteiger partial charge in [0, 0.05) is 25.7 Å². The second kappa shape index (κ2) is 17.0. The summed E-state index contributed by atoms with van der Waals surface area (Å²) in [4.78, 5) is 30.5. The standard InChI is InChI=1S/C42H48ClN3O7/c1-4-46(30-12-6-5-7-13-30)40(48)37-38(36-32(43)16-10-17-33(36)45(2)39(37)47)51-24-11-25-52-41(49)28-20-22-42(27-44,23-21-28)29-18-19-34(50-3)35(26-29)53-31-14-8-9-15-31/h5-7,10,12-13,16-19,26,28,31,39,47H,4,8-9,11,14-15,20-25H2,1-3H3. The van der Waals surface area contributed by atoms with E-state index in [1.165, 1.54) is 0 Å². The number of nitriles is 1. The number of amides is 1. The number of carbonyl (C=O) groups excluding carboxylic acids is 2. The molecule has 0 bridgehead atoms. The summed E-state index contributed by atoms with van der Waals surface area (Å²) in [6, 6.07) is 22.9. The number of fused-ring (bicyclic) bond motifs is 1. The summed E-state index contributed by atoms with van der Waals surface area (Å²) in [7, 11) is 3.32. The Morgan fingerprint density at radius 1 is 1.00 bits per heavy atom. The lowest BCUT2D eigenvalue weighted by atomic mass is 9.67. The molecule has 10 nitrogen and oxygen atoms in total. The Hall–Kier alpha value is -4.72. The molecule has 0 saturated heterocycles. The van der Waals surface area contributed by atoms with E-state index in [9.17, 15) is 20.0 Å². The molecule has 1 N–H and O–H groups in total. The van der Waals surface area contributed by atoms with Gasteiger partial charge in [0.25, 0.3) is 5.91 Å². The Morgan fingerprint density at radius 2 is 1.74 bits per heavy atom. The summed E-state index contributed by atoms with van der Waals surface area (Å²) in [5.74, 6) is 0.520. The number of hydrogen-bond donors (Lipinski definition) is 1. The molecule has 2 fully saturated rings. The number of hydrogen-bond acceptors (Lipinski definition) is 9. The molecule has 1 heterocycles. The van der Waals surface area contributed by atoms with Gasteiger partial charge >= 0.3 is 5.97 Å². The van der Waals surface area contributed by atoms with E-state index in [0.717, 1.165) is 31.2 Å². The molecule has 280 valence electrons. The lowest BCUT2D eigenvalue weighted by molar-refractivity contribution is -0.150. The van der Waals surface area contributed by atoms with Gasteiger partial charge in [-0.3, -0.25) is 9.59 Å². The number of methoxy groups -OCH3 is 1. The highest BCUT2D eigenvalue weighted by Crippen LogP contribution is 2.45. The highest BCUT2D eigenvalue weighted by Gasteiger charge is 2.41. The van der Waals surface area contributed by atoms with E-state index in [2.05, 4.69) is 6.07 Å². The van der Waals surface area contributed by atoms with Gasteiger partial charge in [-0.1, -0.05) is 41.9 Å². The number of esters is 1. The fraction of sp³-hybridized carbons (Fsp3) is 0.452. The van der Waals surface area contributed by atoms with Gasteiger partial charge in [-0.05, 0) is 100 Å². The molecule has 2 aliphatic carbocycles. The summed E-state index contributed by atoms with van der Waals surface area (Å²) >= 11 is 6.69. The predicted octanol–water partition coefficient (Wildman–Crippen LogP) is 7.80. The fourth-order valence-corrected chi connectivity index (χ4v) is 8.01. The third-order valence-electron chi connectivity index (χ3n) is 10.8. The maximum atomic E-state index is 14.1. The van der Waals surface area contributed by atoms with E-state index in [0.29, 0.717) is 72.1 Å². The number of rotatable bonds is 13. The molecule has 0 spiro atoms. The van der Waals surface area contributed by atoms with Crippen molar-refractivity contribution in [1.29, 1.82) is 5.26 Å². The Morgan fingerprint density at radius 3 is 2.42 bits per heavy atom. The maximum Gasteiger partial charge on any atom is 0.308 e. The Bertz CT molecular complexity index is 1840. The van der Waals surface area contributed by atoms with Gasteiger partial charge in [-0.15, -0.1) is 0 Å². The number of carbonyl (C=O) groups is 2. The van der Waals surface area contributed by atoms with Crippen LogP contribution in [-0.2, 0) is 24.5 Å². The Labute approximate surface area is 316 Å². The number of benzene rings is 3. The number of aliphatic hydroxyl groups excluding tert-OH is 1. The number of para-hydroxylation sites is 1. The molecule has 3 aromatic rings. The predicted molar refractivity (Wildman–Crippen MR) is 204 cm³/mol. The third kappa shape index (κ3) is 7.97. The van der Waals surface area contributed by atoms with E-state index in [-0.39, 0.29) is 42.5 Å². The summed E-state index contributed by atoms with van der Waals surface area (Å²) in [6.07, 6.45) is 5.67. The molecule has 1 unspecified atom stereocenters. The Kier molecular flexibility index (Phi) is 12.2. The number of halogens is 1. The quantitative estimate of drug-likeness (QED) is 0.138. The van der Waals surface area contributed by atoms with Crippen LogP contribution >= 0.6 is 11.6 Å². The van der Waals surface area contributed by atoms with Crippen molar-refractivity contribution in [3.05, 3.63) is 88.5 Å². The first-order chi connectivity index (χ1) is 25.7. The van der Waals surface area contributed by atoms with Gasteiger partial charge in [-0.25, -0.2) is 0 Å². The minimum atomic E-state index is -1.28. The van der Waals surface area contributed by atoms with E-state index >= 15 is 0 Å². The zero-order chi connectivity index (χ0) is 37.5. The van der Waals surface area contributed by atoms with Crippen molar-refractivity contribution in [3.8, 4) is 17.6 Å². The lowest BCUT2D eigenvalue weighted by Gasteiger charge is -2.37. The molecule has 3 aromatic carbocycles. The van der Waals surface area contributed by atoms with Crippen molar-refractivity contribution < 1.29 is 33.6 Å². The molecule has 11 heteroatoms. The van der Waals surface area contributed by atoms with Crippen LogP contribution in [0.2, 0.25) is 5.02 Å². The number of nitrogens with zero attached hydrogens (tertiary/aromatic N) is 3. The van der Waals surface area contributed by atoms with Crippen LogP contribution in [0.5, 0.6) is 11.5 Å². The molecular weight excluding hydrogens is 694 g/mol. The van der Waals surface area contributed by atoms with Crippen LogP contribution in [0.3, 0.4) is 0 Å². The van der Waals surface area contributed by atoms with E-state index in [4.69, 9.17) is 30.5 Å². The maximum absolute atomic E-state index is 14.1. The molecule has 1 aliphatic heterocycles. The first kappa shape index (κ1) is 38.0. The molecule has 6 rings (SSSR count). The van der Waals surface area contributed by atoms with Gasteiger partial charge in [0.1, 0.15) is 11.3 Å². The van der Waals surface area contributed by atoms with Gasteiger partial charge < -0.3 is 33.9 Å². The number of aliphatic hydroxyl groups is 1. The summed E-state index contributed by atoms with van der Waals surface area (Å²) in [6.45, 7) is 2.46. The first-order valence-electron chi connectivity index (χ1n) is 18.6. The first-order valence-corrected chi connectivity index (χ1v) is 19.0. The molecule has 1 amide bonds. The van der Waals surface area contributed by atoms with Crippen molar-refractivity contribution in [2.24, 2.45) is 5.92 Å². The summed E-state index contributed by atoms with van der Waals surface area (Å²) in [5, 5.41) is 22.2. The third-order valence-corrected chi connectivity index (χ3v) is 11.1. The zero-order valence-electron chi connectivity index (χ0n) is 30.7. The minimum Gasteiger partial charge on any atom is -0.493 e. The van der Waals surface area contributed by atoms with E-state index < -0.39 is 17.6 Å². The molecule has 2 saturated carbocycles. The monoisotopic (exact) mass is 741 g/mol. The van der Waals surface area contributed by atoms with Gasteiger partial charge in [0.05, 0.1) is 60.1 Å². The highest BCUT2D eigenvalue weighted by molar-refractivity contribution is 6.33. The smallest absolute Gasteiger partial charge is 0.308 e. The van der Waals surface area contributed by atoms with Crippen LogP contribution in [0, 0.1) is 17.2 Å². The molecule has 0 radical (unpaired) electrons. The normalized spacial score (nSPS) is 21.4. The number of anilines is 2.